The highest BCUT2D eigenvalue weighted by Gasteiger charge is 2.06. The van der Waals surface area contributed by atoms with Crippen LogP contribution in [-0.2, 0) is 6.42 Å². The summed E-state index contributed by atoms with van der Waals surface area (Å²) in [5, 5.41) is 0. The van der Waals surface area contributed by atoms with E-state index in [1.165, 1.54) is 0 Å². The lowest BCUT2D eigenvalue weighted by Crippen LogP contribution is -2.01. The minimum atomic E-state index is 0.569. The van der Waals surface area contributed by atoms with Crippen molar-refractivity contribution in [1.29, 1.82) is 0 Å². The molecule has 1 aromatic carbocycles. The topological polar surface area (TPSA) is 61.3 Å². The molecule has 0 bridgehead atoms. The number of benzene rings is 1. The number of hydrogen-bond acceptors (Lipinski definition) is 4. The lowest BCUT2D eigenvalue weighted by molar-refractivity contribution is 0.307. The summed E-state index contributed by atoms with van der Waals surface area (Å²) >= 11 is 0. The van der Waals surface area contributed by atoms with Crippen LogP contribution in [0.15, 0.2) is 28.7 Å². The van der Waals surface area contributed by atoms with Gasteiger partial charge in [0.1, 0.15) is 11.5 Å². The third-order valence-corrected chi connectivity index (χ3v) is 2.48. The smallest absolute Gasteiger partial charge is 0.191 e. The number of nitrogens with two attached hydrogens (primary N) is 1. The molecule has 17 heavy (non-hydrogen) atoms. The van der Waals surface area contributed by atoms with Crippen LogP contribution in [0.3, 0.4) is 0 Å². The first-order valence-electron chi connectivity index (χ1n) is 5.56. The van der Waals surface area contributed by atoms with Crippen LogP contribution in [-0.4, -0.2) is 11.6 Å². The van der Waals surface area contributed by atoms with Crippen LogP contribution in [0.5, 0.6) is 5.75 Å². The van der Waals surface area contributed by atoms with Gasteiger partial charge in [-0.1, -0.05) is 0 Å². The first-order chi connectivity index (χ1) is 8.15. The number of ether oxygens (including phenoxy) is 1. The highest BCUT2D eigenvalue weighted by atomic mass is 16.5. The zero-order chi connectivity index (χ0) is 12.3. The minimum Gasteiger partial charge on any atom is -0.493 e. The molecule has 0 aliphatic heterocycles. The van der Waals surface area contributed by atoms with Gasteiger partial charge in [0.05, 0.1) is 12.3 Å². The van der Waals surface area contributed by atoms with Gasteiger partial charge in [-0.05, 0) is 31.2 Å². The molecule has 4 heteroatoms. The maximum atomic E-state index is 5.59. The maximum absolute atomic E-state index is 5.59. The van der Waals surface area contributed by atoms with Crippen LogP contribution in [0.2, 0.25) is 0 Å². The van der Waals surface area contributed by atoms with Crippen LogP contribution in [0.4, 0.5) is 5.69 Å². The quantitative estimate of drug-likeness (QED) is 0.823. The van der Waals surface area contributed by atoms with Gasteiger partial charge in [-0.2, -0.15) is 0 Å². The van der Waals surface area contributed by atoms with E-state index in [1.807, 2.05) is 38.1 Å². The SMILES string of the molecule is Cc1nc(C)c(CCOc2ccc(N)cc2)o1. The molecule has 0 fully saturated rings. The molecule has 0 spiro atoms. The molecule has 0 amide bonds. The van der Waals surface area contributed by atoms with Crippen molar-refractivity contribution in [2.24, 2.45) is 0 Å². The van der Waals surface area contributed by atoms with Crippen LogP contribution < -0.4 is 10.5 Å². The normalized spacial score (nSPS) is 10.5. The number of nitrogens with zero attached hydrogens (tertiary/aromatic N) is 1. The molecule has 2 N–H and O–H groups in total. The molecule has 0 aliphatic rings. The lowest BCUT2D eigenvalue weighted by atomic mass is 10.3. The summed E-state index contributed by atoms with van der Waals surface area (Å²) in [5.74, 6) is 2.40. The average Bonchev–Trinajstić information content (AvgIpc) is 2.60. The Bertz CT molecular complexity index is 489. The zero-order valence-corrected chi connectivity index (χ0v) is 10.1. The van der Waals surface area contributed by atoms with Gasteiger partial charge in [-0.15, -0.1) is 0 Å². The zero-order valence-electron chi connectivity index (χ0n) is 10.1. The number of aryl methyl sites for hydroxylation is 2. The van der Waals surface area contributed by atoms with E-state index in [-0.39, 0.29) is 0 Å². The Morgan fingerprint density at radius 3 is 2.53 bits per heavy atom. The number of hydrogen-bond donors (Lipinski definition) is 1. The third kappa shape index (κ3) is 3.00. The van der Waals surface area contributed by atoms with Crippen LogP contribution in [0, 0.1) is 13.8 Å². The second kappa shape index (κ2) is 4.91. The predicted molar refractivity (Wildman–Crippen MR) is 66.0 cm³/mol. The van der Waals surface area contributed by atoms with Gasteiger partial charge in [0.25, 0.3) is 0 Å². The Labute approximate surface area is 100 Å². The largest absolute Gasteiger partial charge is 0.493 e. The average molecular weight is 232 g/mol. The summed E-state index contributed by atoms with van der Waals surface area (Å²) in [6, 6.07) is 7.35. The summed E-state index contributed by atoms with van der Waals surface area (Å²) in [6.07, 6.45) is 0.719. The number of aromatic nitrogens is 1. The summed E-state index contributed by atoms with van der Waals surface area (Å²) in [6.45, 7) is 4.35. The number of oxazole rings is 1. The van der Waals surface area contributed by atoms with Crippen LogP contribution in [0.1, 0.15) is 17.3 Å². The summed E-state index contributed by atoms with van der Waals surface area (Å²) < 4.78 is 11.0. The number of rotatable bonds is 4. The molecule has 2 aromatic rings. The van der Waals surface area contributed by atoms with Crippen molar-refractivity contribution in [2.45, 2.75) is 20.3 Å². The summed E-state index contributed by atoms with van der Waals surface area (Å²) in [5.41, 5.74) is 7.26. The van der Waals surface area contributed by atoms with E-state index < -0.39 is 0 Å². The summed E-state index contributed by atoms with van der Waals surface area (Å²) in [7, 11) is 0. The molecule has 0 unspecified atom stereocenters. The maximum Gasteiger partial charge on any atom is 0.191 e. The highest BCUT2D eigenvalue weighted by Crippen LogP contribution is 2.14. The van der Waals surface area contributed by atoms with E-state index in [0.29, 0.717) is 12.5 Å². The Kier molecular flexibility index (Phi) is 3.32. The van der Waals surface area contributed by atoms with Crippen LogP contribution in [0.25, 0.3) is 0 Å². The number of anilines is 1. The van der Waals surface area contributed by atoms with Gasteiger partial charge in [0.15, 0.2) is 5.89 Å². The molecule has 4 nitrogen and oxygen atoms in total. The van der Waals surface area contributed by atoms with Gasteiger partial charge in [-0.25, -0.2) is 4.98 Å². The molecule has 0 saturated carbocycles. The van der Waals surface area contributed by atoms with E-state index in [0.717, 1.165) is 29.3 Å². The predicted octanol–water partition coefficient (Wildman–Crippen LogP) is 2.50. The van der Waals surface area contributed by atoms with Crippen molar-refractivity contribution >= 4 is 5.69 Å². The van der Waals surface area contributed by atoms with Gasteiger partial charge in [-0.3, -0.25) is 0 Å². The van der Waals surface area contributed by atoms with E-state index in [4.69, 9.17) is 14.9 Å². The fraction of sp³-hybridized carbons (Fsp3) is 0.308. The standard InChI is InChI=1S/C13H16N2O2/c1-9-13(17-10(2)15-9)7-8-16-12-5-3-11(14)4-6-12/h3-6H,7-8,14H2,1-2H3. The van der Waals surface area contributed by atoms with Crippen molar-refractivity contribution in [3.8, 4) is 5.75 Å². The molecule has 0 atom stereocenters. The Balaban J connectivity index is 1.87. The van der Waals surface area contributed by atoms with E-state index in [9.17, 15) is 0 Å². The number of nitrogen functional groups attached to an aromatic ring is 1. The molecule has 1 aromatic heterocycles. The van der Waals surface area contributed by atoms with Crippen molar-refractivity contribution < 1.29 is 9.15 Å². The van der Waals surface area contributed by atoms with Gasteiger partial charge < -0.3 is 14.9 Å². The monoisotopic (exact) mass is 232 g/mol. The Morgan fingerprint density at radius 1 is 1.24 bits per heavy atom. The van der Waals surface area contributed by atoms with Crippen molar-refractivity contribution in [2.75, 3.05) is 12.3 Å². The van der Waals surface area contributed by atoms with Gasteiger partial charge in [0.2, 0.25) is 0 Å². The fourth-order valence-corrected chi connectivity index (χ4v) is 1.63. The highest BCUT2D eigenvalue weighted by molar-refractivity contribution is 5.41. The van der Waals surface area contributed by atoms with Gasteiger partial charge in [0, 0.05) is 19.0 Å². The van der Waals surface area contributed by atoms with Crippen molar-refractivity contribution in [3.05, 3.63) is 41.6 Å². The Hall–Kier alpha value is -1.97. The van der Waals surface area contributed by atoms with Crippen molar-refractivity contribution in [3.63, 3.8) is 0 Å². The molecule has 1 heterocycles. The molecular weight excluding hydrogens is 216 g/mol. The molecule has 0 radical (unpaired) electrons. The molecule has 90 valence electrons. The summed E-state index contributed by atoms with van der Waals surface area (Å²) in [4.78, 5) is 4.21. The minimum absolute atomic E-state index is 0.569. The lowest BCUT2D eigenvalue weighted by Gasteiger charge is -2.05. The fourth-order valence-electron chi connectivity index (χ4n) is 1.63. The third-order valence-electron chi connectivity index (χ3n) is 2.48. The van der Waals surface area contributed by atoms with Gasteiger partial charge >= 0.3 is 0 Å². The second-order valence-corrected chi connectivity index (χ2v) is 3.91. The Morgan fingerprint density at radius 2 is 1.94 bits per heavy atom. The molecule has 0 aliphatic carbocycles. The molecular formula is C13H16N2O2. The van der Waals surface area contributed by atoms with E-state index in [1.54, 1.807) is 0 Å². The van der Waals surface area contributed by atoms with Crippen molar-refractivity contribution in [1.82, 2.24) is 4.98 Å². The second-order valence-electron chi connectivity index (χ2n) is 3.91. The first kappa shape index (κ1) is 11.5. The van der Waals surface area contributed by atoms with Crippen LogP contribution >= 0.6 is 0 Å². The molecule has 0 saturated heterocycles. The first-order valence-corrected chi connectivity index (χ1v) is 5.56. The molecule has 2 rings (SSSR count). The van der Waals surface area contributed by atoms with E-state index >= 15 is 0 Å². The van der Waals surface area contributed by atoms with E-state index in [2.05, 4.69) is 4.98 Å².